The lowest BCUT2D eigenvalue weighted by molar-refractivity contribution is 0.407. The number of benzene rings is 2. The van der Waals surface area contributed by atoms with E-state index in [4.69, 9.17) is 9.47 Å². The summed E-state index contributed by atoms with van der Waals surface area (Å²) < 4.78 is 38.6. The van der Waals surface area contributed by atoms with Gasteiger partial charge < -0.3 is 9.47 Å². The Kier molecular flexibility index (Phi) is 6.08. The van der Waals surface area contributed by atoms with Gasteiger partial charge in [-0.05, 0) is 54.3 Å². The first-order valence-electron chi connectivity index (χ1n) is 8.12. The van der Waals surface area contributed by atoms with E-state index in [-0.39, 0.29) is 16.9 Å². The fraction of sp³-hybridized carbons (Fsp3) is 0.368. The second-order valence-corrected chi connectivity index (χ2v) is 7.89. The van der Waals surface area contributed by atoms with Crippen molar-refractivity contribution in [3.63, 3.8) is 0 Å². The highest BCUT2D eigenvalue weighted by Crippen LogP contribution is 2.29. The molecular formula is C19H25NO4S. The topological polar surface area (TPSA) is 64.6 Å². The summed E-state index contributed by atoms with van der Waals surface area (Å²) in [6.45, 7) is 5.82. The minimum Gasteiger partial charge on any atom is -0.497 e. The maximum absolute atomic E-state index is 12.7. The summed E-state index contributed by atoms with van der Waals surface area (Å²) in [5, 5.41) is 0. The van der Waals surface area contributed by atoms with Gasteiger partial charge >= 0.3 is 0 Å². The zero-order valence-corrected chi connectivity index (χ0v) is 16.1. The van der Waals surface area contributed by atoms with Crippen molar-refractivity contribution in [3.8, 4) is 11.5 Å². The molecule has 0 saturated heterocycles. The Morgan fingerprint density at radius 3 is 2.08 bits per heavy atom. The summed E-state index contributed by atoms with van der Waals surface area (Å²) in [6.07, 6.45) is 0. The summed E-state index contributed by atoms with van der Waals surface area (Å²) >= 11 is 0. The molecule has 1 atom stereocenters. The van der Waals surface area contributed by atoms with Crippen LogP contribution in [0.5, 0.6) is 11.5 Å². The van der Waals surface area contributed by atoms with Crippen molar-refractivity contribution < 1.29 is 17.9 Å². The van der Waals surface area contributed by atoms with Crippen LogP contribution in [0.3, 0.4) is 0 Å². The van der Waals surface area contributed by atoms with Crippen LogP contribution >= 0.6 is 0 Å². The average Bonchev–Trinajstić information content (AvgIpc) is 2.60. The van der Waals surface area contributed by atoms with Crippen LogP contribution in [0.4, 0.5) is 0 Å². The molecule has 5 nitrogen and oxygen atoms in total. The SMILES string of the molecule is COc1ccc(C(C)NS(=O)(=O)c2ccc(OC)c(C(C)C)c2)cc1. The first kappa shape index (κ1) is 19.3. The maximum atomic E-state index is 12.7. The average molecular weight is 363 g/mol. The lowest BCUT2D eigenvalue weighted by Crippen LogP contribution is -2.27. The zero-order chi connectivity index (χ0) is 18.6. The van der Waals surface area contributed by atoms with Crippen molar-refractivity contribution in [3.05, 3.63) is 53.6 Å². The lowest BCUT2D eigenvalue weighted by atomic mass is 10.0. The van der Waals surface area contributed by atoms with Gasteiger partial charge in [0.2, 0.25) is 10.0 Å². The van der Waals surface area contributed by atoms with E-state index in [0.29, 0.717) is 5.75 Å². The number of hydrogen-bond acceptors (Lipinski definition) is 4. The number of nitrogens with one attached hydrogen (secondary N) is 1. The highest BCUT2D eigenvalue weighted by molar-refractivity contribution is 7.89. The molecule has 136 valence electrons. The number of hydrogen-bond donors (Lipinski definition) is 1. The molecule has 0 aliphatic rings. The summed E-state index contributed by atoms with van der Waals surface area (Å²) in [5.41, 5.74) is 1.73. The van der Waals surface area contributed by atoms with Gasteiger partial charge in [-0.25, -0.2) is 13.1 Å². The molecule has 0 radical (unpaired) electrons. The normalized spacial score (nSPS) is 12.9. The van der Waals surface area contributed by atoms with Crippen LogP contribution < -0.4 is 14.2 Å². The summed E-state index contributed by atoms with van der Waals surface area (Å²) in [4.78, 5) is 0.234. The standard InChI is InChI=1S/C19H25NO4S/c1-13(2)18-12-17(10-11-19(18)24-5)25(21,22)20-14(3)15-6-8-16(23-4)9-7-15/h6-14,20H,1-5H3. The van der Waals surface area contributed by atoms with E-state index >= 15 is 0 Å². The summed E-state index contributed by atoms with van der Waals surface area (Å²) in [7, 11) is -0.464. The highest BCUT2D eigenvalue weighted by atomic mass is 32.2. The third-order valence-electron chi connectivity index (χ3n) is 4.08. The Labute approximate surface area is 150 Å². The van der Waals surface area contributed by atoms with Crippen molar-refractivity contribution >= 4 is 10.0 Å². The molecule has 0 aliphatic heterocycles. The predicted molar refractivity (Wildman–Crippen MR) is 98.8 cm³/mol. The number of sulfonamides is 1. The van der Waals surface area contributed by atoms with Gasteiger partial charge in [-0.3, -0.25) is 0 Å². The first-order valence-corrected chi connectivity index (χ1v) is 9.61. The monoisotopic (exact) mass is 363 g/mol. The van der Waals surface area contributed by atoms with Gasteiger partial charge in [-0.2, -0.15) is 0 Å². The van der Waals surface area contributed by atoms with Crippen LogP contribution in [0.1, 0.15) is 43.9 Å². The summed E-state index contributed by atoms with van der Waals surface area (Å²) in [5.74, 6) is 1.58. The molecule has 0 saturated carbocycles. The van der Waals surface area contributed by atoms with Crippen molar-refractivity contribution in [1.29, 1.82) is 0 Å². The van der Waals surface area contributed by atoms with E-state index in [9.17, 15) is 8.42 Å². The minimum absolute atomic E-state index is 0.157. The Morgan fingerprint density at radius 1 is 0.920 bits per heavy atom. The van der Waals surface area contributed by atoms with Crippen molar-refractivity contribution in [1.82, 2.24) is 4.72 Å². The van der Waals surface area contributed by atoms with Crippen molar-refractivity contribution in [2.45, 2.75) is 37.6 Å². The fourth-order valence-corrected chi connectivity index (χ4v) is 3.86. The highest BCUT2D eigenvalue weighted by Gasteiger charge is 2.20. The van der Waals surface area contributed by atoms with E-state index < -0.39 is 10.0 Å². The third-order valence-corrected chi connectivity index (χ3v) is 5.62. The predicted octanol–water partition coefficient (Wildman–Crippen LogP) is 3.87. The minimum atomic E-state index is -3.64. The van der Waals surface area contributed by atoms with Crippen LogP contribution in [-0.4, -0.2) is 22.6 Å². The molecule has 2 aromatic carbocycles. The second kappa shape index (κ2) is 7.89. The van der Waals surface area contributed by atoms with Gasteiger partial charge in [-0.1, -0.05) is 26.0 Å². The molecular weight excluding hydrogens is 338 g/mol. The van der Waals surface area contributed by atoms with E-state index in [0.717, 1.165) is 16.9 Å². The molecule has 0 fully saturated rings. The van der Waals surface area contributed by atoms with E-state index in [1.165, 1.54) is 0 Å². The first-order chi connectivity index (χ1) is 11.8. The van der Waals surface area contributed by atoms with Crippen LogP contribution in [-0.2, 0) is 10.0 Å². The molecule has 0 amide bonds. The van der Waals surface area contributed by atoms with E-state index in [2.05, 4.69) is 4.72 Å². The number of rotatable bonds is 7. The number of ether oxygens (including phenoxy) is 2. The third kappa shape index (κ3) is 4.52. The van der Waals surface area contributed by atoms with Crippen molar-refractivity contribution in [2.75, 3.05) is 14.2 Å². The molecule has 0 heterocycles. The van der Waals surface area contributed by atoms with Crippen LogP contribution in [0.2, 0.25) is 0 Å². The van der Waals surface area contributed by atoms with Crippen LogP contribution in [0.15, 0.2) is 47.4 Å². The smallest absolute Gasteiger partial charge is 0.241 e. The van der Waals surface area contributed by atoms with Gasteiger partial charge in [0.1, 0.15) is 11.5 Å². The Balaban J connectivity index is 2.27. The molecule has 1 N–H and O–H groups in total. The van der Waals surface area contributed by atoms with Gasteiger partial charge in [0.15, 0.2) is 0 Å². The van der Waals surface area contributed by atoms with Crippen molar-refractivity contribution in [2.24, 2.45) is 0 Å². The molecule has 2 rings (SSSR count). The fourth-order valence-electron chi connectivity index (χ4n) is 2.59. The van der Waals surface area contributed by atoms with E-state index in [1.54, 1.807) is 32.4 Å². The van der Waals surface area contributed by atoms with Crippen LogP contribution in [0, 0.1) is 0 Å². The second-order valence-electron chi connectivity index (χ2n) is 6.17. The number of methoxy groups -OCH3 is 2. The van der Waals surface area contributed by atoms with Gasteiger partial charge in [0.05, 0.1) is 19.1 Å². The molecule has 1 unspecified atom stereocenters. The largest absolute Gasteiger partial charge is 0.497 e. The molecule has 6 heteroatoms. The quantitative estimate of drug-likeness (QED) is 0.811. The molecule has 0 aliphatic carbocycles. The Morgan fingerprint density at radius 2 is 1.56 bits per heavy atom. The zero-order valence-electron chi connectivity index (χ0n) is 15.2. The molecule has 0 aromatic heterocycles. The Bertz CT molecular complexity index is 814. The van der Waals surface area contributed by atoms with E-state index in [1.807, 2.05) is 45.0 Å². The van der Waals surface area contributed by atoms with Gasteiger partial charge in [-0.15, -0.1) is 0 Å². The molecule has 0 spiro atoms. The van der Waals surface area contributed by atoms with Crippen LogP contribution in [0.25, 0.3) is 0 Å². The maximum Gasteiger partial charge on any atom is 0.241 e. The lowest BCUT2D eigenvalue weighted by Gasteiger charge is -2.17. The van der Waals surface area contributed by atoms with Gasteiger partial charge in [0, 0.05) is 6.04 Å². The van der Waals surface area contributed by atoms with Gasteiger partial charge in [0.25, 0.3) is 0 Å². The molecule has 25 heavy (non-hydrogen) atoms. The summed E-state index contributed by atoms with van der Waals surface area (Å²) in [6, 6.07) is 11.9. The molecule has 0 bridgehead atoms. The molecule has 2 aromatic rings. The Hall–Kier alpha value is -2.05.